The lowest BCUT2D eigenvalue weighted by Gasteiger charge is -2.29. The number of hydrogen-bond acceptors (Lipinski definition) is 6. The van der Waals surface area contributed by atoms with E-state index in [9.17, 15) is 19.0 Å². The summed E-state index contributed by atoms with van der Waals surface area (Å²) in [6.45, 7) is 2.37. The summed E-state index contributed by atoms with van der Waals surface area (Å²) in [6.07, 6.45) is 1.20. The molecule has 0 saturated carbocycles. The number of fused-ring (bicyclic) bond motifs is 2. The maximum absolute atomic E-state index is 13.2. The van der Waals surface area contributed by atoms with E-state index in [2.05, 4.69) is 10.6 Å². The van der Waals surface area contributed by atoms with Crippen molar-refractivity contribution in [1.29, 1.82) is 0 Å². The predicted molar refractivity (Wildman–Crippen MR) is 167 cm³/mol. The number of aryl methyl sites for hydroxylation is 2. The second-order valence-corrected chi connectivity index (χ2v) is 11.3. The van der Waals surface area contributed by atoms with Gasteiger partial charge in [-0.3, -0.25) is 0 Å². The molecule has 0 unspecified atom stereocenters. The van der Waals surface area contributed by atoms with Crippen LogP contribution in [0.25, 0.3) is 0 Å². The van der Waals surface area contributed by atoms with Crippen molar-refractivity contribution in [2.75, 3.05) is 13.1 Å². The number of ether oxygens (including phenoxy) is 2. The highest BCUT2D eigenvalue weighted by Crippen LogP contribution is 2.30. The zero-order valence-electron chi connectivity index (χ0n) is 24.7. The van der Waals surface area contributed by atoms with Crippen molar-refractivity contribution in [3.05, 3.63) is 131 Å². The van der Waals surface area contributed by atoms with Gasteiger partial charge in [0.25, 0.3) is 0 Å². The molecule has 4 aromatic carbocycles. The van der Waals surface area contributed by atoms with Crippen molar-refractivity contribution >= 4 is 0 Å². The summed E-state index contributed by atoms with van der Waals surface area (Å²) in [7, 11) is 0. The molecule has 232 valence electrons. The monoisotopic (exact) mass is 602 g/mol. The Bertz CT molecular complexity index is 1350. The average molecular weight is 603 g/mol. The molecule has 0 aromatic heterocycles. The summed E-state index contributed by atoms with van der Waals surface area (Å²) in [4.78, 5) is 0. The van der Waals surface area contributed by atoms with Crippen LogP contribution >= 0.6 is 0 Å². The van der Waals surface area contributed by atoms with Gasteiger partial charge in [-0.2, -0.15) is 0 Å². The molecule has 4 N–H and O–H groups in total. The van der Waals surface area contributed by atoms with E-state index in [-0.39, 0.29) is 23.8 Å². The van der Waals surface area contributed by atoms with E-state index in [0.717, 1.165) is 24.0 Å². The SMILES string of the molecule is O[C@@H](CNCc1ccccc1)[C@H]1CCc2cc(F)ccc2O1.O[C@H](CNCc1ccccc1)[C@@H]1CCc2cc(F)ccc2O1. The normalized spacial score (nSPS) is 18.4. The molecular weight excluding hydrogens is 562 g/mol. The molecule has 0 spiro atoms. The molecule has 8 heteroatoms. The van der Waals surface area contributed by atoms with Crippen LogP contribution < -0.4 is 20.1 Å². The van der Waals surface area contributed by atoms with Crippen LogP contribution in [0.2, 0.25) is 0 Å². The van der Waals surface area contributed by atoms with Gasteiger partial charge in [0.05, 0.1) is 0 Å². The summed E-state index contributed by atoms with van der Waals surface area (Å²) in [5, 5.41) is 27.0. The molecule has 4 atom stereocenters. The minimum absolute atomic E-state index is 0.245. The van der Waals surface area contributed by atoms with Crippen molar-refractivity contribution in [1.82, 2.24) is 10.6 Å². The van der Waals surface area contributed by atoms with Gasteiger partial charge in [-0.15, -0.1) is 0 Å². The molecule has 0 radical (unpaired) electrons. The number of benzene rings is 4. The Morgan fingerprint density at radius 2 is 1.02 bits per heavy atom. The third kappa shape index (κ3) is 9.09. The molecule has 0 bridgehead atoms. The third-order valence-corrected chi connectivity index (χ3v) is 7.91. The first-order valence-electron chi connectivity index (χ1n) is 15.2. The molecule has 6 rings (SSSR count). The zero-order chi connectivity index (χ0) is 30.7. The molecule has 2 aliphatic rings. The van der Waals surface area contributed by atoms with Gasteiger partial charge >= 0.3 is 0 Å². The van der Waals surface area contributed by atoms with E-state index in [4.69, 9.17) is 9.47 Å². The van der Waals surface area contributed by atoms with Crippen LogP contribution in [-0.2, 0) is 25.9 Å². The Labute approximate surface area is 257 Å². The van der Waals surface area contributed by atoms with E-state index in [1.807, 2.05) is 60.7 Å². The third-order valence-electron chi connectivity index (χ3n) is 7.91. The number of aliphatic hydroxyl groups is 2. The lowest BCUT2D eigenvalue weighted by atomic mass is 9.99. The van der Waals surface area contributed by atoms with Gasteiger partial charge in [-0.1, -0.05) is 60.7 Å². The highest BCUT2D eigenvalue weighted by molar-refractivity contribution is 5.37. The van der Waals surface area contributed by atoms with Crippen LogP contribution in [0, 0.1) is 11.6 Å². The van der Waals surface area contributed by atoms with Crippen LogP contribution in [0.1, 0.15) is 35.1 Å². The summed E-state index contributed by atoms with van der Waals surface area (Å²) >= 11 is 0. The smallest absolute Gasteiger partial charge is 0.126 e. The van der Waals surface area contributed by atoms with E-state index in [1.54, 1.807) is 12.1 Å². The van der Waals surface area contributed by atoms with Crippen LogP contribution in [0.5, 0.6) is 11.5 Å². The van der Waals surface area contributed by atoms with E-state index in [0.29, 0.717) is 50.5 Å². The molecule has 44 heavy (non-hydrogen) atoms. The fourth-order valence-electron chi connectivity index (χ4n) is 5.48. The molecule has 0 aliphatic carbocycles. The fourth-order valence-corrected chi connectivity index (χ4v) is 5.48. The van der Waals surface area contributed by atoms with E-state index < -0.39 is 12.2 Å². The van der Waals surface area contributed by atoms with Gasteiger partial charge in [0.1, 0.15) is 47.5 Å². The highest BCUT2D eigenvalue weighted by Gasteiger charge is 2.27. The first-order chi connectivity index (χ1) is 21.4. The largest absolute Gasteiger partial charge is 0.487 e. The maximum atomic E-state index is 13.2. The van der Waals surface area contributed by atoms with Crippen LogP contribution in [0.4, 0.5) is 8.78 Å². The van der Waals surface area contributed by atoms with E-state index in [1.165, 1.54) is 35.4 Å². The Balaban J connectivity index is 0.000000175. The van der Waals surface area contributed by atoms with Crippen molar-refractivity contribution in [3.8, 4) is 11.5 Å². The lowest BCUT2D eigenvalue weighted by molar-refractivity contribution is 0.0243. The van der Waals surface area contributed by atoms with Crippen LogP contribution in [-0.4, -0.2) is 47.7 Å². The molecule has 4 aromatic rings. The molecular formula is C36H40F2N2O4. The van der Waals surface area contributed by atoms with Crippen molar-refractivity contribution in [3.63, 3.8) is 0 Å². The zero-order valence-corrected chi connectivity index (χ0v) is 24.7. The number of halogens is 2. The highest BCUT2D eigenvalue weighted by atomic mass is 19.1. The van der Waals surface area contributed by atoms with Gasteiger partial charge in [0.15, 0.2) is 0 Å². The summed E-state index contributed by atoms with van der Waals surface area (Å²) in [6, 6.07) is 29.2. The molecule has 2 aliphatic heterocycles. The minimum atomic E-state index is -0.582. The standard InChI is InChI=1S/2C18H20FNO2/c2*19-15-7-9-17-14(10-15)6-8-18(22-17)16(21)12-20-11-13-4-2-1-3-5-13/h2*1-5,7,9-10,16,18,20-21H,6,8,11-12H2/t2*16-,18+/m10/s1. The summed E-state index contributed by atoms with van der Waals surface area (Å²) in [5.74, 6) is 0.872. The van der Waals surface area contributed by atoms with Crippen molar-refractivity contribution in [2.45, 2.75) is 63.2 Å². The second-order valence-electron chi connectivity index (χ2n) is 11.3. The van der Waals surface area contributed by atoms with Crippen LogP contribution in [0.15, 0.2) is 97.1 Å². The van der Waals surface area contributed by atoms with Gasteiger partial charge in [-0.05, 0) is 84.3 Å². The quantitative estimate of drug-likeness (QED) is 0.196. The fraction of sp³-hybridized carbons (Fsp3) is 0.333. The number of nitrogens with one attached hydrogen (secondary N) is 2. The lowest BCUT2D eigenvalue weighted by Crippen LogP contribution is -2.41. The van der Waals surface area contributed by atoms with Gasteiger partial charge in [-0.25, -0.2) is 8.78 Å². The Morgan fingerprint density at radius 1 is 0.614 bits per heavy atom. The number of aliphatic hydroxyl groups excluding tert-OH is 2. The van der Waals surface area contributed by atoms with E-state index >= 15 is 0 Å². The molecule has 0 fully saturated rings. The first kappa shape index (κ1) is 31.6. The maximum Gasteiger partial charge on any atom is 0.126 e. The van der Waals surface area contributed by atoms with Gasteiger partial charge in [0.2, 0.25) is 0 Å². The Kier molecular flexibility index (Phi) is 11.3. The van der Waals surface area contributed by atoms with Crippen molar-refractivity contribution < 1.29 is 28.5 Å². The Morgan fingerprint density at radius 3 is 1.43 bits per heavy atom. The van der Waals surface area contributed by atoms with Gasteiger partial charge < -0.3 is 30.3 Å². The number of rotatable bonds is 10. The molecule has 0 amide bonds. The van der Waals surface area contributed by atoms with Crippen molar-refractivity contribution in [2.24, 2.45) is 0 Å². The summed E-state index contributed by atoms with van der Waals surface area (Å²) in [5.41, 5.74) is 4.11. The predicted octanol–water partition coefficient (Wildman–Crippen LogP) is 5.34. The number of hydrogen-bond donors (Lipinski definition) is 4. The minimum Gasteiger partial charge on any atom is -0.487 e. The first-order valence-corrected chi connectivity index (χ1v) is 15.2. The Hall–Kier alpha value is -3.82. The van der Waals surface area contributed by atoms with Gasteiger partial charge in [0, 0.05) is 26.2 Å². The average Bonchev–Trinajstić information content (AvgIpc) is 3.05. The second kappa shape index (κ2) is 15.8. The topological polar surface area (TPSA) is 83.0 Å². The molecule has 0 saturated heterocycles. The molecule has 6 nitrogen and oxygen atoms in total. The van der Waals surface area contributed by atoms with Crippen LogP contribution in [0.3, 0.4) is 0 Å². The summed E-state index contributed by atoms with van der Waals surface area (Å²) < 4.78 is 37.9. The molecule has 2 heterocycles.